The van der Waals surface area contributed by atoms with E-state index in [0.29, 0.717) is 18.1 Å². The molecule has 4 nitrogen and oxygen atoms in total. The lowest BCUT2D eigenvalue weighted by Crippen LogP contribution is -2.43. The molecule has 0 aliphatic carbocycles. The normalized spacial score (nSPS) is 31.5. The lowest BCUT2D eigenvalue weighted by atomic mass is 10.00. The molecule has 0 amide bonds. The Morgan fingerprint density at radius 3 is 2.76 bits per heavy atom. The van der Waals surface area contributed by atoms with Gasteiger partial charge in [-0.1, -0.05) is 0 Å². The van der Waals surface area contributed by atoms with Crippen LogP contribution < -0.4 is 10.6 Å². The van der Waals surface area contributed by atoms with Crippen molar-refractivity contribution in [3.05, 3.63) is 12.4 Å². The van der Waals surface area contributed by atoms with Crippen LogP contribution in [0.15, 0.2) is 17.4 Å². The maximum atomic E-state index is 4.30. The first-order valence-electron chi connectivity index (χ1n) is 6.22. The van der Waals surface area contributed by atoms with E-state index in [9.17, 15) is 0 Å². The van der Waals surface area contributed by atoms with Crippen molar-refractivity contribution in [2.45, 2.75) is 48.8 Å². The Bertz CT molecular complexity index is 386. The number of anilines is 1. The van der Waals surface area contributed by atoms with E-state index in [1.807, 2.05) is 12.3 Å². The lowest BCUT2D eigenvalue weighted by Gasteiger charge is -2.30. The summed E-state index contributed by atoms with van der Waals surface area (Å²) in [4.78, 5) is 8.49. The van der Waals surface area contributed by atoms with Crippen LogP contribution in [0, 0.1) is 0 Å². The van der Waals surface area contributed by atoms with Gasteiger partial charge < -0.3 is 10.6 Å². The minimum Gasteiger partial charge on any atom is -0.367 e. The predicted molar refractivity (Wildman–Crippen MR) is 70.4 cm³/mol. The van der Waals surface area contributed by atoms with Gasteiger partial charge in [-0.2, -0.15) is 0 Å². The summed E-state index contributed by atoms with van der Waals surface area (Å²) in [6.45, 7) is 0. The molecule has 0 spiro atoms. The molecule has 2 bridgehead atoms. The number of nitrogens with zero attached hydrogens (tertiary/aromatic N) is 2. The molecular weight excluding hydrogens is 232 g/mol. The number of rotatable bonds is 3. The van der Waals surface area contributed by atoms with Crippen molar-refractivity contribution in [3.63, 3.8) is 0 Å². The average Bonchev–Trinajstić information content (AvgIpc) is 2.69. The molecule has 2 N–H and O–H groups in total. The number of aromatic nitrogens is 2. The number of thioether (sulfide) groups is 1. The van der Waals surface area contributed by atoms with E-state index in [1.54, 1.807) is 18.1 Å². The van der Waals surface area contributed by atoms with Crippen molar-refractivity contribution in [1.82, 2.24) is 15.3 Å². The Morgan fingerprint density at radius 2 is 2.06 bits per heavy atom. The Morgan fingerprint density at radius 1 is 1.29 bits per heavy atom. The van der Waals surface area contributed by atoms with Crippen LogP contribution in [0.5, 0.6) is 0 Å². The number of nitrogens with one attached hydrogen (secondary N) is 2. The summed E-state index contributed by atoms with van der Waals surface area (Å²) in [6, 6.07) is 4.04. The quantitative estimate of drug-likeness (QED) is 0.634. The second-order valence-electron chi connectivity index (χ2n) is 4.90. The maximum Gasteiger partial charge on any atom is 0.130 e. The zero-order valence-corrected chi connectivity index (χ0v) is 10.8. The minimum atomic E-state index is 0.568. The highest BCUT2D eigenvalue weighted by atomic mass is 32.2. The molecule has 17 heavy (non-hydrogen) atoms. The first-order chi connectivity index (χ1) is 8.33. The smallest absolute Gasteiger partial charge is 0.130 e. The highest BCUT2D eigenvalue weighted by Crippen LogP contribution is 2.28. The summed E-state index contributed by atoms with van der Waals surface area (Å²) in [7, 11) is 0. The second kappa shape index (κ2) is 4.82. The monoisotopic (exact) mass is 250 g/mol. The Labute approximate surface area is 106 Å². The van der Waals surface area contributed by atoms with Gasteiger partial charge >= 0.3 is 0 Å². The van der Waals surface area contributed by atoms with Crippen molar-refractivity contribution in [1.29, 1.82) is 0 Å². The van der Waals surface area contributed by atoms with Crippen molar-refractivity contribution in [2.75, 3.05) is 11.6 Å². The third-order valence-corrected chi connectivity index (χ3v) is 4.32. The molecule has 2 saturated heterocycles. The van der Waals surface area contributed by atoms with E-state index < -0.39 is 0 Å². The highest BCUT2D eigenvalue weighted by Gasteiger charge is 2.33. The first-order valence-corrected chi connectivity index (χ1v) is 7.44. The molecule has 2 aliphatic rings. The van der Waals surface area contributed by atoms with Gasteiger partial charge in [0.2, 0.25) is 0 Å². The van der Waals surface area contributed by atoms with Gasteiger partial charge in [-0.3, -0.25) is 0 Å². The first kappa shape index (κ1) is 11.3. The molecule has 1 aromatic rings. The molecule has 3 heterocycles. The van der Waals surface area contributed by atoms with Gasteiger partial charge in [-0.25, -0.2) is 9.97 Å². The van der Waals surface area contributed by atoms with Crippen LogP contribution in [-0.4, -0.2) is 34.3 Å². The van der Waals surface area contributed by atoms with E-state index in [0.717, 1.165) is 10.8 Å². The topological polar surface area (TPSA) is 49.8 Å². The summed E-state index contributed by atoms with van der Waals surface area (Å²) in [5.41, 5.74) is 0. The van der Waals surface area contributed by atoms with Crippen LogP contribution in [0.2, 0.25) is 0 Å². The fourth-order valence-electron chi connectivity index (χ4n) is 2.91. The minimum absolute atomic E-state index is 0.568. The van der Waals surface area contributed by atoms with Crippen molar-refractivity contribution >= 4 is 17.6 Å². The van der Waals surface area contributed by atoms with E-state index >= 15 is 0 Å². The van der Waals surface area contributed by atoms with E-state index in [-0.39, 0.29) is 0 Å². The maximum absolute atomic E-state index is 4.30. The average molecular weight is 250 g/mol. The number of hydrogen-bond acceptors (Lipinski definition) is 5. The third-order valence-electron chi connectivity index (χ3n) is 3.68. The molecule has 3 rings (SSSR count). The fourth-order valence-corrected chi connectivity index (χ4v) is 3.30. The zero-order valence-electron chi connectivity index (χ0n) is 10.0. The standard InChI is InChI=1S/C12H18N4S/c1-17-12-6-11(13-7-14-12)16-10-4-8-2-3-9(5-10)15-8/h6-10,15H,2-5H2,1H3,(H,13,14,16). The van der Waals surface area contributed by atoms with Crippen LogP contribution in [-0.2, 0) is 0 Å². The fraction of sp³-hybridized carbons (Fsp3) is 0.667. The molecule has 0 aromatic carbocycles. The molecule has 2 fully saturated rings. The lowest BCUT2D eigenvalue weighted by molar-refractivity contribution is 0.377. The van der Waals surface area contributed by atoms with Gasteiger partial charge in [-0.15, -0.1) is 11.8 Å². The molecule has 2 unspecified atom stereocenters. The molecule has 0 radical (unpaired) electrons. The van der Waals surface area contributed by atoms with E-state index in [2.05, 4.69) is 20.6 Å². The molecule has 92 valence electrons. The van der Waals surface area contributed by atoms with Crippen LogP contribution >= 0.6 is 11.8 Å². The van der Waals surface area contributed by atoms with Gasteiger partial charge in [-0.05, 0) is 31.9 Å². The summed E-state index contributed by atoms with van der Waals surface area (Å²) in [5, 5.41) is 8.23. The van der Waals surface area contributed by atoms with Crippen LogP contribution in [0.4, 0.5) is 5.82 Å². The van der Waals surface area contributed by atoms with Crippen molar-refractivity contribution in [2.24, 2.45) is 0 Å². The summed E-state index contributed by atoms with van der Waals surface area (Å²) < 4.78 is 0. The van der Waals surface area contributed by atoms with E-state index in [4.69, 9.17) is 0 Å². The Balaban J connectivity index is 1.66. The third kappa shape index (κ3) is 2.55. The van der Waals surface area contributed by atoms with Crippen LogP contribution in [0.25, 0.3) is 0 Å². The molecule has 2 aliphatic heterocycles. The summed E-state index contributed by atoms with van der Waals surface area (Å²) in [6.07, 6.45) is 8.79. The summed E-state index contributed by atoms with van der Waals surface area (Å²) >= 11 is 1.65. The highest BCUT2D eigenvalue weighted by molar-refractivity contribution is 7.98. The molecule has 0 saturated carbocycles. The second-order valence-corrected chi connectivity index (χ2v) is 5.72. The van der Waals surface area contributed by atoms with Gasteiger partial charge in [0.1, 0.15) is 17.2 Å². The SMILES string of the molecule is CSc1cc(NC2CC3CCC(C2)N3)ncn1. The Kier molecular flexibility index (Phi) is 3.20. The molecule has 2 atom stereocenters. The largest absolute Gasteiger partial charge is 0.367 e. The molecular formula is C12H18N4S. The van der Waals surface area contributed by atoms with Crippen molar-refractivity contribution < 1.29 is 0 Å². The molecule has 1 aromatic heterocycles. The van der Waals surface area contributed by atoms with Gasteiger partial charge in [0.15, 0.2) is 0 Å². The van der Waals surface area contributed by atoms with Gasteiger partial charge in [0.05, 0.1) is 0 Å². The zero-order chi connectivity index (χ0) is 11.7. The van der Waals surface area contributed by atoms with Crippen LogP contribution in [0.1, 0.15) is 25.7 Å². The van der Waals surface area contributed by atoms with Crippen LogP contribution in [0.3, 0.4) is 0 Å². The number of piperidine rings is 1. The Hall–Kier alpha value is -0.810. The van der Waals surface area contributed by atoms with Gasteiger partial charge in [0, 0.05) is 24.2 Å². The number of hydrogen-bond donors (Lipinski definition) is 2. The summed E-state index contributed by atoms with van der Waals surface area (Å²) in [5.74, 6) is 0.968. The predicted octanol–water partition coefficient (Wildman–Crippen LogP) is 1.89. The van der Waals surface area contributed by atoms with Gasteiger partial charge in [0.25, 0.3) is 0 Å². The molecule has 5 heteroatoms. The van der Waals surface area contributed by atoms with E-state index in [1.165, 1.54) is 25.7 Å². The number of fused-ring (bicyclic) bond motifs is 2. The van der Waals surface area contributed by atoms with Crippen molar-refractivity contribution in [3.8, 4) is 0 Å².